The summed E-state index contributed by atoms with van der Waals surface area (Å²) in [4.78, 5) is 2.29. The van der Waals surface area contributed by atoms with Crippen LogP contribution in [0.25, 0.3) is 0 Å². The molecule has 1 saturated carbocycles. The number of aliphatic hydroxyl groups is 1. The maximum atomic E-state index is 10.4. The molecule has 2 rings (SSSR count). The van der Waals surface area contributed by atoms with Crippen molar-refractivity contribution in [1.29, 1.82) is 0 Å². The molecule has 0 aromatic heterocycles. The van der Waals surface area contributed by atoms with Crippen LogP contribution in [0.4, 0.5) is 0 Å². The molecule has 154 valence electrons. The van der Waals surface area contributed by atoms with Gasteiger partial charge >= 0.3 is 0 Å². The van der Waals surface area contributed by atoms with Crippen LogP contribution < -0.4 is 14.8 Å². The second kappa shape index (κ2) is 12.5. The van der Waals surface area contributed by atoms with Gasteiger partial charge in [0.25, 0.3) is 0 Å². The van der Waals surface area contributed by atoms with E-state index in [9.17, 15) is 5.11 Å². The summed E-state index contributed by atoms with van der Waals surface area (Å²) in [5.74, 6) is 2.50. The molecule has 6 heteroatoms. The summed E-state index contributed by atoms with van der Waals surface area (Å²) < 4.78 is 11.3. The average molecular weight is 397 g/mol. The number of aliphatic hydroxyl groups excluding tert-OH is 1. The first-order valence-electron chi connectivity index (χ1n) is 10.0. The third kappa shape index (κ3) is 7.90. The molecule has 2 N–H and O–H groups in total. The molecule has 0 saturated heterocycles. The molecule has 0 radical (unpaired) electrons. The van der Waals surface area contributed by atoms with E-state index in [1.54, 1.807) is 7.11 Å². The van der Waals surface area contributed by atoms with Crippen molar-refractivity contribution in [1.82, 2.24) is 10.2 Å². The molecule has 1 unspecified atom stereocenters. The molecular weight excluding hydrogens is 360 g/mol. The maximum Gasteiger partial charge on any atom is 0.161 e. The first-order chi connectivity index (χ1) is 13.1. The van der Waals surface area contributed by atoms with Crippen LogP contribution in [0, 0.1) is 0 Å². The van der Waals surface area contributed by atoms with E-state index < -0.39 is 6.10 Å². The largest absolute Gasteiger partial charge is 0.493 e. The second-order valence-electron chi connectivity index (χ2n) is 7.35. The Morgan fingerprint density at radius 1 is 1.26 bits per heavy atom. The highest BCUT2D eigenvalue weighted by molar-refractivity contribution is 7.98. The number of ether oxygens (including phenoxy) is 2. The monoisotopic (exact) mass is 396 g/mol. The number of thioether (sulfide) groups is 1. The molecule has 1 fully saturated rings. The van der Waals surface area contributed by atoms with Gasteiger partial charge in [0.05, 0.1) is 7.11 Å². The molecule has 1 atom stereocenters. The lowest BCUT2D eigenvalue weighted by molar-refractivity contribution is 0.0553. The molecular formula is C21H36N2O3S. The summed E-state index contributed by atoms with van der Waals surface area (Å²) in [5, 5.41) is 13.8. The van der Waals surface area contributed by atoms with Gasteiger partial charge in [0.15, 0.2) is 11.5 Å². The number of hydrogen-bond donors (Lipinski definition) is 2. The zero-order valence-electron chi connectivity index (χ0n) is 17.1. The van der Waals surface area contributed by atoms with Gasteiger partial charge in [-0.05, 0) is 43.8 Å². The Labute approximate surface area is 168 Å². The highest BCUT2D eigenvalue weighted by Crippen LogP contribution is 2.28. The lowest BCUT2D eigenvalue weighted by Crippen LogP contribution is -2.40. The third-order valence-corrected chi connectivity index (χ3v) is 5.78. The van der Waals surface area contributed by atoms with Crippen molar-refractivity contribution in [2.24, 2.45) is 0 Å². The number of rotatable bonds is 12. The molecule has 0 bridgehead atoms. The number of nitrogens with zero attached hydrogens (tertiary/aromatic N) is 1. The van der Waals surface area contributed by atoms with Gasteiger partial charge in [0.2, 0.25) is 0 Å². The van der Waals surface area contributed by atoms with Crippen molar-refractivity contribution in [3.63, 3.8) is 0 Å². The van der Waals surface area contributed by atoms with Crippen LogP contribution in [-0.2, 0) is 6.54 Å². The smallest absolute Gasteiger partial charge is 0.161 e. The summed E-state index contributed by atoms with van der Waals surface area (Å²) in [6.45, 7) is 2.72. The molecule has 1 aliphatic rings. The van der Waals surface area contributed by atoms with Gasteiger partial charge in [-0.1, -0.05) is 25.3 Å². The minimum absolute atomic E-state index is 0.277. The van der Waals surface area contributed by atoms with E-state index in [4.69, 9.17) is 9.47 Å². The van der Waals surface area contributed by atoms with Crippen LogP contribution in [0.2, 0.25) is 0 Å². The normalized spacial score (nSPS) is 16.5. The van der Waals surface area contributed by atoms with Gasteiger partial charge in [0, 0.05) is 31.4 Å². The van der Waals surface area contributed by atoms with Crippen LogP contribution in [0.1, 0.15) is 37.7 Å². The Kier molecular flexibility index (Phi) is 10.3. The van der Waals surface area contributed by atoms with Crippen molar-refractivity contribution in [2.75, 3.05) is 45.9 Å². The third-order valence-electron chi connectivity index (χ3n) is 5.17. The SMILES string of the molecule is COc1cc(CNCCSC)ccc1OCC(O)CN(C)C1CCCCC1. The standard InChI is InChI=1S/C21H36N2O3S/c1-23(18-7-5-4-6-8-18)15-19(24)16-26-20-10-9-17(13-21(20)25-2)14-22-11-12-27-3/h9-10,13,18-19,22,24H,4-8,11-12,14-16H2,1-3H3. The number of nitrogens with one attached hydrogen (secondary N) is 1. The highest BCUT2D eigenvalue weighted by Gasteiger charge is 2.20. The Morgan fingerprint density at radius 2 is 2.04 bits per heavy atom. The molecule has 0 spiro atoms. The van der Waals surface area contributed by atoms with Crippen molar-refractivity contribution in [3.8, 4) is 11.5 Å². The van der Waals surface area contributed by atoms with Crippen LogP contribution >= 0.6 is 11.8 Å². The molecule has 0 aliphatic heterocycles. The summed E-state index contributed by atoms with van der Waals surface area (Å²) in [6.07, 6.45) is 8.04. The van der Waals surface area contributed by atoms with Crippen LogP contribution in [-0.4, -0.2) is 68.0 Å². The van der Waals surface area contributed by atoms with E-state index in [1.807, 2.05) is 30.0 Å². The predicted molar refractivity (Wildman–Crippen MR) is 114 cm³/mol. The summed E-state index contributed by atoms with van der Waals surface area (Å²) in [7, 11) is 3.76. The molecule has 1 aromatic rings. The average Bonchev–Trinajstić information content (AvgIpc) is 2.70. The van der Waals surface area contributed by atoms with Crippen molar-refractivity contribution < 1.29 is 14.6 Å². The van der Waals surface area contributed by atoms with Crippen molar-refractivity contribution in [2.45, 2.75) is 50.8 Å². The molecule has 5 nitrogen and oxygen atoms in total. The van der Waals surface area contributed by atoms with Gasteiger partial charge in [-0.25, -0.2) is 0 Å². The van der Waals surface area contributed by atoms with Gasteiger partial charge < -0.3 is 24.8 Å². The van der Waals surface area contributed by atoms with Gasteiger partial charge in [-0.3, -0.25) is 0 Å². The quantitative estimate of drug-likeness (QED) is 0.530. The van der Waals surface area contributed by atoms with Gasteiger partial charge in [-0.2, -0.15) is 11.8 Å². The Balaban J connectivity index is 1.79. The Bertz CT molecular complexity index is 538. The van der Waals surface area contributed by atoms with E-state index >= 15 is 0 Å². The molecule has 0 amide bonds. The van der Waals surface area contributed by atoms with E-state index in [2.05, 4.69) is 23.5 Å². The van der Waals surface area contributed by atoms with E-state index in [-0.39, 0.29) is 6.61 Å². The Morgan fingerprint density at radius 3 is 2.74 bits per heavy atom. The lowest BCUT2D eigenvalue weighted by atomic mass is 9.94. The fraction of sp³-hybridized carbons (Fsp3) is 0.714. The van der Waals surface area contributed by atoms with Crippen LogP contribution in [0.15, 0.2) is 18.2 Å². The number of methoxy groups -OCH3 is 1. The fourth-order valence-corrected chi connectivity index (χ4v) is 3.94. The zero-order valence-corrected chi connectivity index (χ0v) is 17.9. The highest BCUT2D eigenvalue weighted by atomic mass is 32.2. The zero-order chi connectivity index (χ0) is 19.5. The Hall–Kier alpha value is -0.950. The minimum atomic E-state index is -0.505. The molecule has 1 aromatic carbocycles. The van der Waals surface area contributed by atoms with Gasteiger partial charge in [-0.15, -0.1) is 0 Å². The van der Waals surface area contributed by atoms with Crippen LogP contribution in [0.3, 0.4) is 0 Å². The summed E-state index contributed by atoms with van der Waals surface area (Å²) in [5.41, 5.74) is 1.16. The fourth-order valence-electron chi connectivity index (χ4n) is 3.59. The molecule has 0 heterocycles. The van der Waals surface area contributed by atoms with Gasteiger partial charge in [0.1, 0.15) is 12.7 Å². The van der Waals surface area contributed by atoms with Crippen molar-refractivity contribution in [3.05, 3.63) is 23.8 Å². The minimum Gasteiger partial charge on any atom is -0.493 e. The number of likely N-dealkylation sites (N-methyl/N-ethyl adjacent to an activating group) is 1. The lowest BCUT2D eigenvalue weighted by Gasteiger charge is -2.32. The maximum absolute atomic E-state index is 10.4. The number of hydrogen-bond acceptors (Lipinski definition) is 6. The summed E-state index contributed by atoms with van der Waals surface area (Å²) >= 11 is 1.83. The van der Waals surface area contributed by atoms with Crippen LogP contribution in [0.5, 0.6) is 11.5 Å². The first-order valence-corrected chi connectivity index (χ1v) is 11.4. The second-order valence-corrected chi connectivity index (χ2v) is 8.34. The molecule has 1 aliphatic carbocycles. The first kappa shape index (κ1) is 22.3. The number of benzene rings is 1. The van der Waals surface area contributed by atoms with E-state index in [0.29, 0.717) is 24.1 Å². The molecule has 27 heavy (non-hydrogen) atoms. The van der Waals surface area contributed by atoms with E-state index in [1.165, 1.54) is 32.1 Å². The van der Waals surface area contributed by atoms with E-state index in [0.717, 1.165) is 24.4 Å². The summed E-state index contributed by atoms with van der Waals surface area (Å²) in [6, 6.07) is 6.58. The topological polar surface area (TPSA) is 54.0 Å². The van der Waals surface area contributed by atoms with Crippen molar-refractivity contribution >= 4 is 11.8 Å². The predicted octanol–water partition coefficient (Wildman–Crippen LogP) is 3.15.